The molecule has 0 saturated heterocycles. The van der Waals surface area contributed by atoms with Crippen molar-refractivity contribution in [2.24, 2.45) is 0 Å². The molecule has 0 aliphatic carbocycles. The zero-order valence-corrected chi connectivity index (χ0v) is 16.5. The van der Waals surface area contributed by atoms with Crippen molar-refractivity contribution in [1.82, 2.24) is 0 Å². The van der Waals surface area contributed by atoms with Crippen molar-refractivity contribution in [3.05, 3.63) is 96.1 Å². The Labute approximate surface area is 163 Å². The molecule has 2 heteroatoms. The summed E-state index contributed by atoms with van der Waals surface area (Å²) in [5.41, 5.74) is 3.90. The van der Waals surface area contributed by atoms with Gasteiger partial charge in [-0.05, 0) is 61.6 Å². The zero-order valence-electron chi connectivity index (χ0n) is 16.5. The molecule has 0 heterocycles. The predicted octanol–water partition coefficient (Wildman–Crippen LogP) is 6.28. The van der Waals surface area contributed by atoms with Crippen LogP contribution in [-0.2, 0) is 6.42 Å². The van der Waals surface area contributed by atoms with Crippen molar-refractivity contribution in [1.29, 1.82) is 0 Å². The van der Waals surface area contributed by atoms with Gasteiger partial charge < -0.3 is 9.64 Å². The van der Waals surface area contributed by atoms with Gasteiger partial charge in [0, 0.05) is 12.2 Å². The van der Waals surface area contributed by atoms with Crippen molar-refractivity contribution in [2.75, 3.05) is 11.4 Å². The molecule has 3 aromatic carbocycles. The standard InChI is InChI=1S/C25H29NO/c1-4-26(24-13-9-6-10-14-24)21(3)27-25-17-15-23(16-18-25)20(2)19-22-11-7-5-8-12-22/h5-18,20-21H,4,19H2,1-3H3. The van der Waals surface area contributed by atoms with E-state index < -0.39 is 0 Å². The maximum absolute atomic E-state index is 6.20. The average Bonchev–Trinajstić information content (AvgIpc) is 2.70. The second-order valence-corrected chi connectivity index (χ2v) is 7.00. The molecular formula is C25H29NO. The summed E-state index contributed by atoms with van der Waals surface area (Å²) in [5.74, 6) is 1.39. The predicted molar refractivity (Wildman–Crippen MR) is 115 cm³/mol. The molecule has 0 fully saturated rings. The van der Waals surface area contributed by atoms with Gasteiger partial charge in [0.1, 0.15) is 5.75 Å². The third kappa shape index (κ3) is 5.13. The van der Waals surface area contributed by atoms with Crippen LogP contribution in [0.25, 0.3) is 0 Å². The molecule has 2 atom stereocenters. The average molecular weight is 360 g/mol. The summed E-state index contributed by atoms with van der Waals surface area (Å²) < 4.78 is 6.20. The third-order valence-electron chi connectivity index (χ3n) is 5.01. The molecular weight excluding hydrogens is 330 g/mol. The van der Waals surface area contributed by atoms with Gasteiger partial charge >= 0.3 is 0 Å². The minimum Gasteiger partial charge on any atom is -0.471 e. The maximum atomic E-state index is 6.20. The van der Waals surface area contributed by atoms with Gasteiger partial charge in [-0.15, -0.1) is 0 Å². The second kappa shape index (κ2) is 9.27. The van der Waals surface area contributed by atoms with Gasteiger partial charge in [0.25, 0.3) is 0 Å². The lowest BCUT2D eigenvalue weighted by molar-refractivity contribution is 0.216. The minimum atomic E-state index is -0.0232. The highest BCUT2D eigenvalue weighted by atomic mass is 16.5. The largest absolute Gasteiger partial charge is 0.471 e. The van der Waals surface area contributed by atoms with Crippen LogP contribution < -0.4 is 9.64 Å². The molecule has 2 nitrogen and oxygen atoms in total. The van der Waals surface area contributed by atoms with Crippen LogP contribution in [0.4, 0.5) is 5.69 Å². The van der Waals surface area contributed by atoms with Gasteiger partial charge in [-0.3, -0.25) is 0 Å². The van der Waals surface area contributed by atoms with E-state index >= 15 is 0 Å². The van der Waals surface area contributed by atoms with Crippen LogP contribution in [0, 0.1) is 0 Å². The summed E-state index contributed by atoms with van der Waals surface area (Å²) in [4.78, 5) is 2.26. The third-order valence-corrected chi connectivity index (χ3v) is 5.01. The van der Waals surface area contributed by atoms with E-state index in [0.29, 0.717) is 5.92 Å². The smallest absolute Gasteiger partial charge is 0.169 e. The topological polar surface area (TPSA) is 12.5 Å². The summed E-state index contributed by atoms with van der Waals surface area (Å²) >= 11 is 0. The van der Waals surface area contributed by atoms with Crippen LogP contribution in [0.5, 0.6) is 5.75 Å². The van der Waals surface area contributed by atoms with E-state index in [0.717, 1.165) is 18.7 Å². The fourth-order valence-electron chi connectivity index (χ4n) is 3.49. The molecule has 0 spiro atoms. The number of anilines is 1. The van der Waals surface area contributed by atoms with Crippen molar-refractivity contribution in [3.8, 4) is 5.75 Å². The van der Waals surface area contributed by atoms with Crippen LogP contribution in [0.3, 0.4) is 0 Å². The SMILES string of the molecule is CCN(c1ccccc1)C(C)Oc1ccc(C(C)Cc2ccccc2)cc1. The molecule has 3 aromatic rings. The molecule has 3 rings (SSSR count). The van der Waals surface area contributed by atoms with Crippen molar-refractivity contribution >= 4 is 5.69 Å². The molecule has 2 unspecified atom stereocenters. The first kappa shape index (κ1) is 19.0. The molecule has 0 radical (unpaired) electrons. The molecule has 0 bridgehead atoms. The Bertz CT molecular complexity index is 799. The second-order valence-electron chi connectivity index (χ2n) is 7.00. The Morgan fingerprint density at radius 2 is 1.37 bits per heavy atom. The zero-order chi connectivity index (χ0) is 19.1. The van der Waals surface area contributed by atoms with Gasteiger partial charge in [0.2, 0.25) is 0 Å². The monoisotopic (exact) mass is 359 g/mol. The van der Waals surface area contributed by atoms with Crippen LogP contribution in [0.1, 0.15) is 37.8 Å². The van der Waals surface area contributed by atoms with Gasteiger partial charge in [-0.1, -0.05) is 67.6 Å². The first-order valence-corrected chi connectivity index (χ1v) is 9.79. The lowest BCUT2D eigenvalue weighted by Crippen LogP contribution is -2.37. The van der Waals surface area contributed by atoms with E-state index in [-0.39, 0.29) is 6.23 Å². The summed E-state index contributed by atoms with van der Waals surface area (Å²) in [6, 6.07) is 29.6. The lowest BCUT2D eigenvalue weighted by atomic mass is 9.94. The van der Waals surface area contributed by atoms with E-state index in [1.807, 2.05) is 6.07 Å². The molecule has 140 valence electrons. The van der Waals surface area contributed by atoms with Gasteiger partial charge in [-0.25, -0.2) is 0 Å². The van der Waals surface area contributed by atoms with Crippen LogP contribution >= 0.6 is 0 Å². The van der Waals surface area contributed by atoms with E-state index in [1.54, 1.807) is 0 Å². The highest BCUT2D eigenvalue weighted by molar-refractivity contribution is 5.46. The maximum Gasteiger partial charge on any atom is 0.169 e. The molecule has 0 aliphatic heterocycles. The first-order valence-electron chi connectivity index (χ1n) is 9.79. The summed E-state index contributed by atoms with van der Waals surface area (Å²) in [7, 11) is 0. The number of hydrogen-bond acceptors (Lipinski definition) is 2. The lowest BCUT2D eigenvalue weighted by Gasteiger charge is -2.30. The molecule has 0 saturated carbocycles. The fourth-order valence-corrected chi connectivity index (χ4v) is 3.49. The number of para-hydroxylation sites is 1. The van der Waals surface area contributed by atoms with Crippen LogP contribution in [0.2, 0.25) is 0 Å². The Hall–Kier alpha value is -2.74. The summed E-state index contributed by atoms with van der Waals surface area (Å²) in [5, 5.41) is 0. The molecule has 0 aliphatic rings. The number of rotatable bonds is 8. The van der Waals surface area contributed by atoms with E-state index in [2.05, 4.69) is 105 Å². The Kier molecular flexibility index (Phi) is 6.54. The van der Waals surface area contributed by atoms with Crippen molar-refractivity contribution < 1.29 is 4.74 Å². The number of nitrogens with zero attached hydrogens (tertiary/aromatic N) is 1. The number of benzene rings is 3. The van der Waals surface area contributed by atoms with Crippen molar-refractivity contribution in [2.45, 2.75) is 39.3 Å². The quantitative estimate of drug-likeness (QED) is 0.439. The molecule has 27 heavy (non-hydrogen) atoms. The Morgan fingerprint density at radius 3 is 1.96 bits per heavy atom. The number of ether oxygens (including phenoxy) is 1. The normalized spacial score (nSPS) is 13.0. The minimum absolute atomic E-state index is 0.0232. The molecule has 0 amide bonds. The van der Waals surface area contributed by atoms with Gasteiger partial charge in [-0.2, -0.15) is 0 Å². The Morgan fingerprint density at radius 1 is 0.778 bits per heavy atom. The van der Waals surface area contributed by atoms with Crippen LogP contribution in [-0.4, -0.2) is 12.8 Å². The molecule has 0 aromatic heterocycles. The van der Waals surface area contributed by atoms with Gasteiger partial charge in [0.15, 0.2) is 6.23 Å². The summed E-state index contributed by atoms with van der Waals surface area (Å²) in [6.45, 7) is 7.43. The first-order chi connectivity index (χ1) is 13.2. The number of hydrogen-bond donors (Lipinski definition) is 0. The van der Waals surface area contributed by atoms with Crippen molar-refractivity contribution in [3.63, 3.8) is 0 Å². The summed E-state index contributed by atoms with van der Waals surface area (Å²) in [6.07, 6.45) is 1.03. The molecule has 0 N–H and O–H groups in total. The highest BCUT2D eigenvalue weighted by Crippen LogP contribution is 2.24. The van der Waals surface area contributed by atoms with E-state index in [4.69, 9.17) is 4.74 Å². The van der Waals surface area contributed by atoms with E-state index in [1.165, 1.54) is 16.8 Å². The van der Waals surface area contributed by atoms with Crippen LogP contribution in [0.15, 0.2) is 84.9 Å². The Balaban J connectivity index is 1.63. The van der Waals surface area contributed by atoms with E-state index in [9.17, 15) is 0 Å². The van der Waals surface area contributed by atoms with Gasteiger partial charge in [0.05, 0.1) is 0 Å². The fraction of sp³-hybridized carbons (Fsp3) is 0.280. The highest BCUT2D eigenvalue weighted by Gasteiger charge is 2.14.